The number of carboxylic acids is 1. The third-order valence-electron chi connectivity index (χ3n) is 4.30. The highest BCUT2D eigenvalue weighted by Gasteiger charge is 2.35. The molecule has 2 aromatic rings. The van der Waals surface area contributed by atoms with Gasteiger partial charge >= 0.3 is 5.97 Å². The highest BCUT2D eigenvalue weighted by molar-refractivity contribution is 5.76. The van der Waals surface area contributed by atoms with Gasteiger partial charge in [-0.1, -0.05) is 0 Å². The maximum atomic E-state index is 13.4. The van der Waals surface area contributed by atoms with Crippen LogP contribution in [0.25, 0.3) is 11.0 Å². The van der Waals surface area contributed by atoms with Crippen LogP contribution in [0.4, 0.5) is 4.39 Å². The Labute approximate surface area is 128 Å². The van der Waals surface area contributed by atoms with Crippen LogP contribution in [0.2, 0.25) is 0 Å². The van der Waals surface area contributed by atoms with Crippen molar-refractivity contribution < 1.29 is 14.3 Å². The standard InChI is InChI=1S/C16H20FN3O2/c1-3-19-14-7-4-11(17)8-13(14)18-15(19)9-20(12-5-6-12)10(2)16(21)22/h4,7-8,10,12H,3,5-6,9H2,1-2H3,(H,21,22). The molecule has 1 saturated carbocycles. The van der Waals surface area contributed by atoms with Crippen LogP contribution in [0.15, 0.2) is 18.2 Å². The summed E-state index contributed by atoms with van der Waals surface area (Å²) >= 11 is 0. The predicted molar refractivity (Wildman–Crippen MR) is 81.0 cm³/mol. The van der Waals surface area contributed by atoms with Crippen LogP contribution >= 0.6 is 0 Å². The molecule has 0 saturated heterocycles. The molecule has 1 heterocycles. The van der Waals surface area contributed by atoms with Gasteiger partial charge in [0, 0.05) is 18.7 Å². The summed E-state index contributed by atoms with van der Waals surface area (Å²) < 4.78 is 15.4. The summed E-state index contributed by atoms with van der Waals surface area (Å²) in [5.74, 6) is -0.335. The molecule has 1 N–H and O–H groups in total. The third-order valence-corrected chi connectivity index (χ3v) is 4.30. The second-order valence-electron chi connectivity index (χ2n) is 5.82. The van der Waals surface area contributed by atoms with Gasteiger partial charge in [0.05, 0.1) is 17.6 Å². The van der Waals surface area contributed by atoms with Crippen molar-refractivity contribution in [3.05, 3.63) is 29.8 Å². The molecule has 118 valence electrons. The largest absolute Gasteiger partial charge is 0.480 e. The van der Waals surface area contributed by atoms with Gasteiger partial charge in [-0.25, -0.2) is 9.37 Å². The first kappa shape index (κ1) is 15.0. The number of aromatic nitrogens is 2. The molecule has 5 nitrogen and oxygen atoms in total. The zero-order valence-electron chi connectivity index (χ0n) is 12.8. The van der Waals surface area contributed by atoms with Gasteiger partial charge < -0.3 is 9.67 Å². The number of halogens is 1. The number of rotatable bonds is 6. The number of aryl methyl sites for hydroxylation is 1. The number of aliphatic carboxylic acids is 1. The van der Waals surface area contributed by atoms with Gasteiger partial charge in [-0.05, 0) is 38.8 Å². The summed E-state index contributed by atoms with van der Waals surface area (Å²) in [5.41, 5.74) is 1.51. The fourth-order valence-corrected chi connectivity index (χ4v) is 2.92. The molecule has 0 radical (unpaired) electrons. The van der Waals surface area contributed by atoms with E-state index in [9.17, 15) is 14.3 Å². The first-order chi connectivity index (χ1) is 10.5. The van der Waals surface area contributed by atoms with E-state index in [-0.39, 0.29) is 5.82 Å². The monoisotopic (exact) mass is 305 g/mol. The molecular formula is C16H20FN3O2. The normalized spacial score (nSPS) is 16.4. The number of carboxylic acid groups (broad SMARTS) is 1. The van der Waals surface area contributed by atoms with Crippen molar-refractivity contribution in [1.82, 2.24) is 14.5 Å². The minimum absolute atomic E-state index is 0.308. The molecular weight excluding hydrogens is 285 g/mol. The Balaban J connectivity index is 1.96. The van der Waals surface area contributed by atoms with E-state index in [4.69, 9.17) is 0 Å². The highest BCUT2D eigenvalue weighted by Crippen LogP contribution is 2.31. The van der Waals surface area contributed by atoms with Gasteiger partial charge in [-0.3, -0.25) is 9.69 Å². The Bertz CT molecular complexity index is 709. The van der Waals surface area contributed by atoms with Crippen molar-refractivity contribution in [2.75, 3.05) is 0 Å². The lowest BCUT2D eigenvalue weighted by molar-refractivity contribution is -0.143. The molecule has 0 amide bonds. The zero-order valence-corrected chi connectivity index (χ0v) is 12.8. The lowest BCUT2D eigenvalue weighted by Crippen LogP contribution is -2.40. The summed E-state index contributed by atoms with van der Waals surface area (Å²) in [6.07, 6.45) is 2.05. The number of carbonyl (C=O) groups is 1. The highest BCUT2D eigenvalue weighted by atomic mass is 19.1. The number of imidazole rings is 1. The molecule has 0 aliphatic heterocycles. The summed E-state index contributed by atoms with van der Waals surface area (Å²) in [7, 11) is 0. The van der Waals surface area contributed by atoms with E-state index in [0.717, 1.165) is 30.7 Å². The first-order valence-corrected chi connectivity index (χ1v) is 7.64. The molecule has 0 spiro atoms. The summed E-state index contributed by atoms with van der Waals surface area (Å²) in [5, 5.41) is 9.29. The van der Waals surface area contributed by atoms with Crippen LogP contribution in [0.1, 0.15) is 32.5 Å². The van der Waals surface area contributed by atoms with Crippen molar-refractivity contribution >= 4 is 17.0 Å². The number of nitrogens with zero attached hydrogens (tertiary/aromatic N) is 3. The van der Waals surface area contributed by atoms with Crippen LogP contribution in [0, 0.1) is 5.82 Å². The van der Waals surface area contributed by atoms with Crippen molar-refractivity contribution in [2.24, 2.45) is 0 Å². The molecule has 1 aliphatic rings. The zero-order chi connectivity index (χ0) is 15.9. The van der Waals surface area contributed by atoms with E-state index in [1.807, 2.05) is 16.4 Å². The minimum atomic E-state index is -0.822. The van der Waals surface area contributed by atoms with Crippen LogP contribution < -0.4 is 0 Å². The quantitative estimate of drug-likeness (QED) is 0.891. The SMILES string of the molecule is CCn1c(CN(C2CC2)C(C)C(=O)O)nc2cc(F)ccc21. The van der Waals surface area contributed by atoms with Crippen LogP contribution in [0.5, 0.6) is 0 Å². The topological polar surface area (TPSA) is 58.4 Å². The molecule has 22 heavy (non-hydrogen) atoms. The van der Waals surface area contributed by atoms with Crippen molar-refractivity contribution in [1.29, 1.82) is 0 Å². The average Bonchev–Trinajstić information content (AvgIpc) is 3.25. The van der Waals surface area contributed by atoms with E-state index >= 15 is 0 Å². The number of fused-ring (bicyclic) bond motifs is 1. The van der Waals surface area contributed by atoms with Gasteiger partial charge in [0.1, 0.15) is 17.7 Å². The van der Waals surface area contributed by atoms with Gasteiger partial charge in [0.2, 0.25) is 0 Å². The molecule has 0 bridgehead atoms. The number of hydrogen-bond donors (Lipinski definition) is 1. The molecule has 1 fully saturated rings. The van der Waals surface area contributed by atoms with E-state index < -0.39 is 12.0 Å². The maximum absolute atomic E-state index is 13.4. The van der Waals surface area contributed by atoms with Gasteiger partial charge in [0.25, 0.3) is 0 Å². The van der Waals surface area contributed by atoms with Gasteiger partial charge in [0.15, 0.2) is 0 Å². The van der Waals surface area contributed by atoms with Crippen LogP contribution in [-0.2, 0) is 17.9 Å². The number of hydrogen-bond acceptors (Lipinski definition) is 3. The Kier molecular flexibility index (Phi) is 3.87. The van der Waals surface area contributed by atoms with Crippen molar-refractivity contribution in [3.63, 3.8) is 0 Å². The molecule has 1 aromatic carbocycles. The van der Waals surface area contributed by atoms with Crippen molar-refractivity contribution in [2.45, 2.75) is 51.9 Å². The van der Waals surface area contributed by atoms with Crippen molar-refractivity contribution in [3.8, 4) is 0 Å². The van der Waals surface area contributed by atoms with Gasteiger partial charge in [-0.2, -0.15) is 0 Å². The molecule has 1 atom stereocenters. The fraction of sp³-hybridized carbons (Fsp3) is 0.500. The predicted octanol–water partition coefficient (Wildman–Crippen LogP) is 2.63. The maximum Gasteiger partial charge on any atom is 0.320 e. The summed E-state index contributed by atoms with van der Waals surface area (Å²) in [6, 6.07) is 4.35. The molecule has 1 aromatic heterocycles. The van der Waals surface area contributed by atoms with E-state index in [2.05, 4.69) is 4.98 Å². The van der Waals surface area contributed by atoms with Crippen LogP contribution in [-0.4, -0.2) is 37.6 Å². The molecule has 3 rings (SSSR count). The summed E-state index contributed by atoms with van der Waals surface area (Å²) in [6.45, 7) is 4.91. The van der Waals surface area contributed by atoms with E-state index in [1.54, 1.807) is 13.0 Å². The Morgan fingerprint density at radius 1 is 1.55 bits per heavy atom. The molecule has 1 aliphatic carbocycles. The van der Waals surface area contributed by atoms with Crippen LogP contribution in [0.3, 0.4) is 0 Å². The Morgan fingerprint density at radius 2 is 2.27 bits per heavy atom. The number of benzene rings is 1. The van der Waals surface area contributed by atoms with Gasteiger partial charge in [-0.15, -0.1) is 0 Å². The first-order valence-electron chi connectivity index (χ1n) is 7.64. The molecule has 1 unspecified atom stereocenters. The smallest absolute Gasteiger partial charge is 0.320 e. The van der Waals surface area contributed by atoms with E-state index in [1.165, 1.54) is 12.1 Å². The average molecular weight is 305 g/mol. The fourth-order valence-electron chi connectivity index (χ4n) is 2.92. The second-order valence-corrected chi connectivity index (χ2v) is 5.82. The third kappa shape index (κ3) is 2.70. The lowest BCUT2D eigenvalue weighted by atomic mass is 10.2. The Morgan fingerprint density at radius 3 is 2.86 bits per heavy atom. The Hall–Kier alpha value is -1.95. The minimum Gasteiger partial charge on any atom is -0.480 e. The lowest BCUT2D eigenvalue weighted by Gasteiger charge is -2.25. The summed E-state index contributed by atoms with van der Waals surface area (Å²) in [4.78, 5) is 17.8. The second kappa shape index (κ2) is 5.68. The van der Waals surface area contributed by atoms with E-state index in [0.29, 0.717) is 18.1 Å². The molecule has 6 heteroatoms.